The van der Waals surface area contributed by atoms with Crippen LogP contribution in [0.2, 0.25) is 0 Å². The van der Waals surface area contributed by atoms with E-state index < -0.39 is 0 Å². The number of amides is 1. The lowest BCUT2D eigenvalue weighted by atomic mass is 10.2. The predicted octanol–water partition coefficient (Wildman–Crippen LogP) is 2.98. The van der Waals surface area contributed by atoms with Gasteiger partial charge in [0.15, 0.2) is 5.96 Å². The Morgan fingerprint density at radius 2 is 1.68 bits per heavy atom. The minimum absolute atomic E-state index is 0. The molecule has 6 nitrogen and oxygen atoms in total. The SMILES string of the molecule is CCNC(=NCCNC(=O)c1ccccc1)NCCOc1ccc(C)cc1.I. The fourth-order valence-corrected chi connectivity index (χ4v) is 2.34. The number of carbonyl (C=O) groups excluding carboxylic acids is 1. The van der Waals surface area contributed by atoms with Gasteiger partial charge in [-0.1, -0.05) is 35.9 Å². The van der Waals surface area contributed by atoms with E-state index >= 15 is 0 Å². The number of nitrogens with one attached hydrogen (secondary N) is 3. The monoisotopic (exact) mass is 496 g/mol. The average Bonchev–Trinajstić information content (AvgIpc) is 2.70. The van der Waals surface area contributed by atoms with Crippen LogP contribution in [0.15, 0.2) is 59.6 Å². The first-order valence-corrected chi connectivity index (χ1v) is 9.24. The van der Waals surface area contributed by atoms with Crippen LogP contribution in [0.3, 0.4) is 0 Å². The number of aryl methyl sites for hydroxylation is 1. The van der Waals surface area contributed by atoms with Crippen molar-refractivity contribution in [1.82, 2.24) is 16.0 Å². The van der Waals surface area contributed by atoms with E-state index in [0.29, 0.717) is 37.8 Å². The molecule has 0 unspecified atom stereocenters. The Balaban J connectivity index is 0.00000392. The molecule has 2 rings (SSSR count). The van der Waals surface area contributed by atoms with E-state index in [1.165, 1.54) is 5.56 Å². The molecule has 0 aromatic heterocycles. The Labute approximate surface area is 184 Å². The number of hydrogen-bond donors (Lipinski definition) is 3. The van der Waals surface area contributed by atoms with E-state index in [2.05, 4.69) is 20.9 Å². The maximum absolute atomic E-state index is 12.0. The van der Waals surface area contributed by atoms with Crippen molar-refractivity contribution in [3.8, 4) is 5.75 Å². The van der Waals surface area contributed by atoms with Crippen molar-refractivity contribution in [2.45, 2.75) is 13.8 Å². The highest BCUT2D eigenvalue weighted by atomic mass is 127. The molecule has 0 fully saturated rings. The molecule has 0 aliphatic carbocycles. The van der Waals surface area contributed by atoms with Crippen LogP contribution >= 0.6 is 24.0 Å². The van der Waals surface area contributed by atoms with E-state index in [4.69, 9.17) is 4.74 Å². The van der Waals surface area contributed by atoms with Gasteiger partial charge in [-0.05, 0) is 38.1 Å². The molecule has 0 bridgehead atoms. The van der Waals surface area contributed by atoms with Gasteiger partial charge in [0.2, 0.25) is 0 Å². The zero-order valence-corrected chi connectivity index (χ0v) is 18.7. The lowest BCUT2D eigenvalue weighted by molar-refractivity contribution is 0.0955. The summed E-state index contributed by atoms with van der Waals surface area (Å²) >= 11 is 0. The summed E-state index contributed by atoms with van der Waals surface area (Å²) in [4.78, 5) is 16.4. The summed E-state index contributed by atoms with van der Waals surface area (Å²) in [6.07, 6.45) is 0. The summed E-state index contributed by atoms with van der Waals surface area (Å²) in [5, 5.41) is 9.27. The highest BCUT2D eigenvalue weighted by molar-refractivity contribution is 14.0. The quantitative estimate of drug-likeness (QED) is 0.216. The summed E-state index contributed by atoms with van der Waals surface area (Å²) in [7, 11) is 0. The van der Waals surface area contributed by atoms with Crippen molar-refractivity contribution in [3.63, 3.8) is 0 Å². The molecule has 0 atom stereocenters. The van der Waals surface area contributed by atoms with Gasteiger partial charge in [0.25, 0.3) is 5.91 Å². The van der Waals surface area contributed by atoms with Crippen LogP contribution < -0.4 is 20.7 Å². The smallest absolute Gasteiger partial charge is 0.251 e. The molecule has 0 saturated carbocycles. The second kappa shape index (κ2) is 13.8. The van der Waals surface area contributed by atoms with Gasteiger partial charge in [-0.3, -0.25) is 9.79 Å². The number of ether oxygens (including phenoxy) is 1. The molecule has 0 spiro atoms. The third kappa shape index (κ3) is 9.07. The number of nitrogens with zero attached hydrogens (tertiary/aromatic N) is 1. The topological polar surface area (TPSA) is 74.8 Å². The summed E-state index contributed by atoms with van der Waals surface area (Å²) in [5.41, 5.74) is 1.86. The van der Waals surface area contributed by atoms with Gasteiger partial charge >= 0.3 is 0 Å². The van der Waals surface area contributed by atoms with E-state index in [9.17, 15) is 4.79 Å². The molecule has 0 aliphatic heterocycles. The Morgan fingerprint density at radius 3 is 2.36 bits per heavy atom. The van der Waals surface area contributed by atoms with Crippen molar-refractivity contribution in [3.05, 3.63) is 65.7 Å². The molecule has 3 N–H and O–H groups in total. The number of rotatable bonds is 9. The molecule has 0 heterocycles. The molecular formula is C21H29IN4O2. The number of aliphatic imine (C=N–C) groups is 1. The third-order valence-corrected chi connectivity index (χ3v) is 3.73. The van der Waals surface area contributed by atoms with Crippen molar-refractivity contribution in [2.24, 2.45) is 4.99 Å². The normalized spacial score (nSPS) is 10.6. The Bertz CT molecular complexity index is 721. The van der Waals surface area contributed by atoms with Gasteiger partial charge in [0, 0.05) is 18.7 Å². The van der Waals surface area contributed by atoms with Crippen LogP contribution in [-0.4, -0.2) is 44.7 Å². The van der Waals surface area contributed by atoms with E-state index in [-0.39, 0.29) is 29.9 Å². The summed E-state index contributed by atoms with van der Waals surface area (Å²) in [6.45, 7) is 6.97. The molecule has 28 heavy (non-hydrogen) atoms. The van der Waals surface area contributed by atoms with Crippen molar-refractivity contribution in [1.29, 1.82) is 0 Å². The molecule has 2 aromatic carbocycles. The molecular weight excluding hydrogens is 467 g/mol. The summed E-state index contributed by atoms with van der Waals surface area (Å²) in [6, 6.07) is 17.1. The first-order valence-electron chi connectivity index (χ1n) is 9.24. The first kappa shape index (κ1) is 23.7. The van der Waals surface area contributed by atoms with Crippen LogP contribution in [0.25, 0.3) is 0 Å². The van der Waals surface area contributed by atoms with Gasteiger partial charge in [-0.25, -0.2) is 0 Å². The van der Waals surface area contributed by atoms with Gasteiger partial charge in [0.1, 0.15) is 12.4 Å². The minimum atomic E-state index is -0.0877. The lowest BCUT2D eigenvalue weighted by Crippen LogP contribution is -2.40. The van der Waals surface area contributed by atoms with Crippen LogP contribution in [0.1, 0.15) is 22.8 Å². The standard InChI is InChI=1S/C21H28N4O2.HI/c1-3-22-21(25-15-16-27-19-11-9-17(2)10-12-19)24-14-13-23-20(26)18-7-5-4-6-8-18;/h4-12H,3,13-16H2,1-2H3,(H,23,26)(H2,22,24,25);1H. The predicted molar refractivity (Wildman–Crippen MR) is 125 cm³/mol. The van der Waals surface area contributed by atoms with Gasteiger partial charge in [-0.2, -0.15) is 0 Å². The zero-order chi connectivity index (χ0) is 19.3. The van der Waals surface area contributed by atoms with Gasteiger partial charge in [0.05, 0.1) is 13.1 Å². The van der Waals surface area contributed by atoms with Crippen LogP contribution in [0.4, 0.5) is 0 Å². The average molecular weight is 496 g/mol. The molecule has 2 aromatic rings. The fraction of sp³-hybridized carbons (Fsp3) is 0.333. The second-order valence-corrected chi connectivity index (χ2v) is 5.97. The second-order valence-electron chi connectivity index (χ2n) is 5.97. The van der Waals surface area contributed by atoms with E-state index in [1.807, 2.05) is 56.3 Å². The Hall–Kier alpha value is -2.29. The van der Waals surface area contributed by atoms with Crippen LogP contribution in [-0.2, 0) is 0 Å². The van der Waals surface area contributed by atoms with Crippen LogP contribution in [0, 0.1) is 6.92 Å². The Morgan fingerprint density at radius 1 is 0.964 bits per heavy atom. The van der Waals surface area contributed by atoms with Crippen LogP contribution in [0.5, 0.6) is 5.75 Å². The molecule has 0 radical (unpaired) electrons. The number of halogens is 1. The largest absolute Gasteiger partial charge is 0.492 e. The Kier molecular flexibility index (Phi) is 11.7. The highest BCUT2D eigenvalue weighted by Crippen LogP contribution is 2.10. The number of carbonyl (C=O) groups is 1. The van der Waals surface area contributed by atoms with Crippen molar-refractivity contribution in [2.75, 3.05) is 32.8 Å². The minimum Gasteiger partial charge on any atom is -0.492 e. The summed E-state index contributed by atoms with van der Waals surface area (Å²) in [5.74, 6) is 1.47. The van der Waals surface area contributed by atoms with Crippen molar-refractivity contribution >= 4 is 35.8 Å². The zero-order valence-electron chi connectivity index (χ0n) is 16.4. The molecule has 0 aliphatic rings. The number of guanidine groups is 1. The van der Waals surface area contributed by atoms with E-state index in [1.54, 1.807) is 12.1 Å². The maximum atomic E-state index is 12.0. The van der Waals surface area contributed by atoms with Gasteiger partial charge < -0.3 is 20.7 Å². The van der Waals surface area contributed by atoms with Crippen molar-refractivity contribution < 1.29 is 9.53 Å². The maximum Gasteiger partial charge on any atom is 0.251 e. The van der Waals surface area contributed by atoms with E-state index in [0.717, 1.165) is 12.3 Å². The number of benzene rings is 2. The number of hydrogen-bond acceptors (Lipinski definition) is 3. The first-order chi connectivity index (χ1) is 13.2. The molecule has 7 heteroatoms. The third-order valence-electron chi connectivity index (χ3n) is 3.73. The summed E-state index contributed by atoms with van der Waals surface area (Å²) < 4.78 is 5.69. The lowest BCUT2D eigenvalue weighted by Gasteiger charge is -2.12. The highest BCUT2D eigenvalue weighted by Gasteiger charge is 2.03. The molecule has 0 saturated heterocycles. The fourth-order valence-electron chi connectivity index (χ4n) is 2.34. The molecule has 152 valence electrons. The van der Waals surface area contributed by atoms with Gasteiger partial charge in [-0.15, -0.1) is 24.0 Å². The molecule has 1 amide bonds.